The number of amides is 1. The molecule has 10 heteroatoms. The number of aryl methyl sites for hydroxylation is 1. The topological polar surface area (TPSA) is 46.3 Å². The van der Waals surface area contributed by atoms with Crippen LogP contribution in [0.2, 0.25) is 0 Å². The Labute approximate surface area is 124 Å². The molecule has 1 saturated heterocycles. The Morgan fingerprint density at radius 1 is 1.52 bits per heavy atom. The highest BCUT2D eigenvalue weighted by Gasteiger charge is 2.40. The molecule has 1 atom stereocenters. The molecule has 0 spiro atoms. The van der Waals surface area contributed by atoms with Gasteiger partial charge in [-0.15, -0.1) is 0 Å². The number of carbonyl (C=O) groups excluding carboxylic acids is 1. The molecule has 0 saturated carbocycles. The summed E-state index contributed by atoms with van der Waals surface area (Å²) >= 11 is 5.14. The Balaban J connectivity index is 2.01. The van der Waals surface area contributed by atoms with Crippen molar-refractivity contribution in [3.63, 3.8) is 0 Å². The molecule has 0 aliphatic carbocycles. The minimum Gasteiger partial charge on any atom is -0.332 e. The molecule has 1 amide bonds. The Hall–Kier alpha value is -1.42. The number of likely N-dealkylation sites (N-methyl/N-ethyl adjacent to an activating group) is 1. The van der Waals surface area contributed by atoms with Gasteiger partial charge >= 0.3 is 6.18 Å². The number of halogens is 3. The molecule has 118 valence electrons. The third-order valence-electron chi connectivity index (χ3n) is 3.42. The quantitative estimate of drug-likeness (QED) is 0.776. The number of hydrogen-bond donors (Lipinski definition) is 0. The summed E-state index contributed by atoms with van der Waals surface area (Å²) in [4.78, 5) is 14.5. The van der Waals surface area contributed by atoms with Crippen molar-refractivity contribution in [2.75, 3.05) is 20.1 Å². The molecule has 0 N–H and O–H groups in total. The molecule has 0 aromatic carbocycles. The first-order valence-electron chi connectivity index (χ1n) is 6.33. The van der Waals surface area contributed by atoms with E-state index in [9.17, 15) is 18.0 Å². The summed E-state index contributed by atoms with van der Waals surface area (Å²) in [6, 6.07) is -0.573. The van der Waals surface area contributed by atoms with Gasteiger partial charge in [-0.05, 0) is 25.7 Å². The summed E-state index contributed by atoms with van der Waals surface area (Å²) < 4.78 is 40.8. The van der Waals surface area contributed by atoms with Crippen LogP contribution >= 0.6 is 12.2 Å². The fourth-order valence-electron chi connectivity index (χ4n) is 2.33. The number of alkyl halides is 3. The Morgan fingerprint density at radius 2 is 2.19 bits per heavy atom. The maximum atomic E-state index is 12.4. The minimum absolute atomic E-state index is 0.112. The van der Waals surface area contributed by atoms with Crippen molar-refractivity contribution in [3.05, 3.63) is 11.1 Å². The van der Waals surface area contributed by atoms with Crippen LogP contribution in [-0.2, 0) is 18.5 Å². The van der Waals surface area contributed by atoms with Crippen LogP contribution in [0.15, 0.2) is 6.33 Å². The molecule has 1 aliphatic rings. The van der Waals surface area contributed by atoms with E-state index in [1.54, 1.807) is 29.9 Å². The second-order valence-corrected chi connectivity index (χ2v) is 5.47. The third-order valence-corrected chi connectivity index (χ3v) is 3.91. The number of nitrogens with zero attached hydrogens (tertiary/aromatic N) is 5. The number of likely N-dealkylation sites (tertiary alicyclic amines) is 1. The first-order valence-corrected chi connectivity index (χ1v) is 6.74. The summed E-state index contributed by atoms with van der Waals surface area (Å²) in [5.74, 6) is -0.503. The predicted octanol–water partition coefficient (Wildman–Crippen LogP) is 1.00. The van der Waals surface area contributed by atoms with Crippen LogP contribution in [0.4, 0.5) is 13.2 Å². The summed E-state index contributed by atoms with van der Waals surface area (Å²) in [5, 5.41) is 4.06. The molecule has 1 unspecified atom stereocenters. The predicted molar refractivity (Wildman–Crippen MR) is 70.8 cm³/mol. The molecule has 1 aromatic rings. The van der Waals surface area contributed by atoms with Gasteiger partial charge in [0.15, 0.2) is 4.77 Å². The average molecular weight is 323 g/mol. The van der Waals surface area contributed by atoms with Crippen LogP contribution in [-0.4, -0.2) is 62.4 Å². The Bertz CT molecular complexity index is 581. The summed E-state index contributed by atoms with van der Waals surface area (Å²) in [6.07, 6.45) is -2.46. The number of carbonyl (C=O) groups is 1. The highest BCUT2D eigenvalue weighted by Crippen LogP contribution is 2.23. The third kappa shape index (κ3) is 3.62. The van der Waals surface area contributed by atoms with Gasteiger partial charge in [-0.25, -0.2) is 4.68 Å². The lowest BCUT2D eigenvalue weighted by atomic mass is 10.2. The van der Waals surface area contributed by atoms with Gasteiger partial charge in [-0.3, -0.25) is 9.69 Å². The van der Waals surface area contributed by atoms with Crippen molar-refractivity contribution in [1.82, 2.24) is 24.1 Å². The standard InChI is InChI=1S/C11H16F3N5OS/c1-16-6-15-19(10(16)21)7-17(2)8-3-4-18(9(8)20)5-11(12,13)14/h6,8H,3-5,7H2,1-2H3. The lowest BCUT2D eigenvalue weighted by molar-refractivity contribution is -0.159. The van der Waals surface area contributed by atoms with E-state index in [2.05, 4.69) is 5.10 Å². The Morgan fingerprint density at radius 3 is 2.71 bits per heavy atom. The highest BCUT2D eigenvalue weighted by atomic mass is 32.1. The average Bonchev–Trinajstić information content (AvgIpc) is 2.86. The maximum absolute atomic E-state index is 12.4. The maximum Gasteiger partial charge on any atom is 0.406 e. The van der Waals surface area contributed by atoms with Crippen molar-refractivity contribution >= 4 is 18.1 Å². The second-order valence-electron chi connectivity index (χ2n) is 5.10. The van der Waals surface area contributed by atoms with Crippen molar-refractivity contribution in [1.29, 1.82) is 0 Å². The van der Waals surface area contributed by atoms with Crippen molar-refractivity contribution < 1.29 is 18.0 Å². The zero-order chi connectivity index (χ0) is 15.8. The molecular formula is C11H16F3N5OS. The van der Waals surface area contributed by atoms with E-state index >= 15 is 0 Å². The molecule has 1 fully saturated rings. The van der Waals surface area contributed by atoms with Gasteiger partial charge in [0.25, 0.3) is 0 Å². The summed E-state index contributed by atoms with van der Waals surface area (Å²) in [7, 11) is 3.42. The molecule has 0 bridgehead atoms. The van der Waals surface area contributed by atoms with Gasteiger partial charge in [0.2, 0.25) is 5.91 Å². The zero-order valence-corrected chi connectivity index (χ0v) is 12.5. The Kier molecular flexibility index (Phi) is 4.38. The molecule has 2 rings (SSSR count). The van der Waals surface area contributed by atoms with Crippen LogP contribution < -0.4 is 0 Å². The van der Waals surface area contributed by atoms with E-state index < -0.39 is 24.7 Å². The molecule has 2 heterocycles. The van der Waals surface area contributed by atoms with Crippen molar-refractivity contribution in [2.24, 2.45) is 7.05 Å². The SMILES string of the molecule is CN(Cn1ncn(C)c1=S)C1CCN(CC(F)(F)F)C1=O. The molecular weight excluding hydrogens is 307 g/mol. The molecule has 21 heavy (non-hydrogen) atoms. The van der Waals surface area contributed by atoms with Gasteiger partial charge in [0.1, 0.15) is 12.9 Å². The van der Waals surface area contributed by atoms with E-state index in [-0.39, 0.29) is 13.2 Å². The molecule has 1 aliphatic heterocycles. The van der Waals surface area contributed by atoms with Crippen LogP contribution in [0.3, 0.4) is 0 Å². The molecule has 1 aromatic heterocycles. The lowest BCUT2D eigenvalue weighted by Crippen LogP contribution is -2.43. The monoisotopic (exact) mass is 323 g/mol. The first-order chi connectivity index (χ1) is 9.69. The first kappa shape index (κ1) is 16.0. The van der Waals surface area contributed by atoms with E-state index in [0.717, 1.165) is 4.90 Å². The van der Waals surface area contributed by atoms with Gasteiger partial charge in [0, 0.05) is 13.6 Å². The largest absolute Gasteiger partial charge is 0.406 e. The zero-order valence-electron chi connectivity index (χ0n) is 11.7. The van der Waals surface area contributed by atoms with Gasteiger partial charge in [-0.2, -0.15) is 18.3 Å². The van der Waals surface area contributed by atoms with Crippen LogP contribution in [0.5, 0.6) is 0 Å². The van der Waals surface area contributed by atoms with E-state index in [0.29, 0.717) is 11.2 Å². The normalized spacial score (nSPS) is 19.8. The van der Waals surface area contributed by atoms with Gasteiger partial charge in [-0.1, -0.05) is 0 Å². The molecule has 6 nitrogen and oxygen atoms in total. The molecule has 0 radical (unpaired) electrons. The van der Waals surface area contributed by atoms with E-state index in [1.165, 1.54) is 4.68 Å². The number of aromatic nitrogens is 3. The number of rotatable bonds is 4. The number of hydrogen-bond acceptors (Lipinski definition) is 4. The van der Waals surface area contributed by atoms with Crippen LogP contribution in [0, 0.1) is 4.77 Å². The van der Waals surface area contributed by atoms with E-state index in [4.69, 9.17) is 12.2 Å². The smallest absolute Gasteiger partial charge is 0.332 e. The highest BCUT2D eigenvalue weighted by molar-refractivity contribution is 7.71. The van der Waals surface area contributed by atoms with Gasteiger partial charge in [0.05, 0.1) is 12.7 Å². The van der Waals surface area contributed by atoms with Crippen LogP contribution in [0.25, 0.3) is 0 Å². The second kappa shape index (κ2) is 5.76. The van der Waals surface area contributed by atoms with Gasteiger partial charge < -0.3 is 9.47 Å². The lowest BCUT2D eigenvalue weighted by Gasteiger charge is -2.23. The van der Waals surface area contributed by atoms with Crippen molar-refractivity contribution in [3.8, 4) is 0 Å². The fourth-order valence-corrected chi connectivity index (χ4v) is 2.48. The fraction of sp³-hybridized carbons (Fsp3) is 0.727. The minimum atomic E-state index is -4.37. The summed E-state index contributed by atoms with van der Waals surface area (Å²) in [5.41, 5.74) is 0. The summed E-state index contributed by atoms with van der Waals surface area (Å²) in [6.45, 7) is -0.823. The van der Waals surface area contributed by atoms with E-state index in [1.807, 2.05) is 0 Å². The van der Waals surface area contributed by atoms with Crippen LogP contribution in [0.1, 0.15) is 6.42 Å². The van der Waals surface area contributed by atoms with Crippen molar-refractivity contribution in [2.45, 2.75) is 25.3 Å².